The maximum Gasteiger partial charge on any atom is 0.416 e. The third-order valence-corrected chi connectivity index (χ3v) is 6.18. The van der Waals surface area contributed by atoms with Crippen molar-refractivity contribution in [3.8, 4) is 0 Å². The molecule has 35 heavy (non-hydrogen) atoms. The lowest BCUT2D eigenvalue weighted by Crippen LogP contribution is -2.38. The number of aromatic amines is 1. The van der Waals surface area contributed by atoms with Crippen molar-refractivity contribution in [3.63, 3.8) is 0 Å². The predicted octanol–water partition coefficient (Wildman–Crippen LogP) is 6.91. The molecular formula is C25H24F6N2O2. The molecule has 1 N–H and O–H groups in total. The lowest BCUT2D eigenvalue weighted by Gasteiger charge is -2.39. The number of aromatic nitrogens is 2. The lowest BCUT2D eigenvalue weighted by atomic mass is 9.79. The van der Waals surface area contributed by atoms with Crippen LogP contribution >= 0.6 is 0 Å². The number of nitrogens with one attached hydrogen (secondary N) is 1. The van der Waals surface area contributed by atoms with Crippen LogP contribution in [-0.4, -0.2) is 22.9 Å². The number of halogens is 6. The van der Waals surface area contributed by atoms with E-state index in [2.05, 4.69) is 9.97 Å². The van der Waals surface area contributed by atoms with E-state index in [1.807, 2.05) is 30.3 Å². The number of hydrogen-bond donors (Lipinski definition) is 1. The fourth-order valence-electron chi connectivity index (χ4n) is 4.45. The number of benzene rings is 2. The molecule has 10 heteroatoms. The molecule has 1 fully saturated rings. The number of nitrogens with zero attached hydrogens (tertiary/aromatic N) is 1. The number of H-pyrrole nitrogens is 1. The highest BCUT2D eigenvalue weighted by Gasteiger charge is 2.40. The van der Waals surface area contributed by atoms with Gasteiger partial charge in [-0.25, -0.2) is 4.98 Å². The molecule has 4 unspecified atom stereocenters. The molecule has 2 heterocycles. The molecular weight excluding hydrogens is 474 g/mol. The van der Waals surface area contributed by atoms with E-state index in [9.17, 15) is 26.3 Å². The first kappa shape index (κ1) is 25.2. The Morgan fingerprint density at radius 3 is 2.26 bits per heavy atom. The number of imidazole rings is 1. The van der Waals surface area contributed by atoms with Gasteiger partial charge in [0.25, 0.3) is 0 Å². The smallest absolute Gasteiger partial charge is 0.352 e. The van der Waals surface area contributed by atoms with Gasteiger partial charge in [0.15, 0.2) is 6.29 Å². The second kappa shape index (κ2) is 10.0. The summed E-state index contributed by atoms with van der Waals surface area (Å²) in [5.74, 6) is 0.504. The molecule has 0 spiro atoms. The topological polar surface area (TPSA) is 47.1 Å². The zero-order valence-corrected chi connectivity index (χ0v) is 18.7. The average molecular weight is 498 g/mol. The second-order valence-electron chi connectivity index (χ2n) is 8.58. The van der Waals surface area contributed by atoms with Crippen molar-refractivity contribution in [3.05, 3.63) is 89.0 Å². The van der Waals surface area contributed by atoms with E-state index >= 15 is 0 Å². The monoisotopic (exact) mass is 498 g/mol. The van der Waals surface area contributed by atoms with Crippen molar-refractivity contribution >= 4 is 0 Å². The summed E-state index contributed by atoms with van der Waals surface area (Å²) >= 11 is 0. The standard InChI is InChI=1S/C25H24F6N2O2/c1-15(18-11-19(24(26,27)28)14-20(12-18)25(29,30)31)35-23-22(16-5-3-2-4-6-16)17(7-10-34-23)13-21-32-8-9-33-21/h2-6,8-9,11-12,14-15,17,22-23H,7,10,13H2,1H3,(H,32,33). The normalized spacial score (nSPS) is 22.2. The van der Waals surface area contributed by atoms with E-state index in [0.717, 1.165) is 11.4 Å². The Labute approximate surface area is 198 Å². The first-order valence-corrected chi connectivity index (χ1v) is 11.1. The third-order valence-electron chi connectivity index (χ3n) is 6.18. The van der Waals surface area contributed by atoms with Crippen molar-refractivity contribution in [1.82, 2.24) is 9.97 Å². The van der Waals surface area contributed by atoms with Gasteiger partial charge in [0.1, 0.15) is 5.82 Å². The van der Waals surface area contributed by atoms with E-state index in [0.29, 0.717) is 31.6 Å². The summed E-state index contributed by atoms with van der Waals surface area (Å²) in [5, 5.41) is 0. The SMILES string of the molecule is CC(OC1OCCC(Cc2ncc[nH]2)C1c1ccccc1)c1cc(C(F)(F)F)cc(C(F)(F)F)c1. The van der Waals surface area contributed by atoms with Crippen molar-refractivity contribution in [2.75, 3.05) is 6.61 Å². The van der Waals surface area contributed by atoms with Crippen LogP contribution in [0.25, 0.3) is 0 Å². The molecule has 1 aromatic heterocycles. The molecule has 4 rings (SSSR count). The van der Waals surface area contributed by atoms with Crippen molar-refractivity contribution < 1.29 is 35.8 Å². The minimum atomic E-state index is -4.93. The molecule has 0 saturated carbocycles. The van der Waals surface area contributed by atoms with Crippen LogP contribution in [0.4, 0.5) is 26.3 Å². The summed E-state index contributed by atoms with van der Waals surface area (Å²) in [6, 6.07) is 10.9. The van der Waals surface area contributed by atoms with Crippen LogP contribution in [0.5, 0.6) is 0 Å². The largest absolute Gasteiger partial charge is 0.416 e. The van der Waals surface area contributed by atoms with Gasteiger partial charge in [0.05, 0.1) is 23.8 Å². The number of ether oxygens (including phenoxy) is 2. The lowest BCUT2D eigenvalue weighted by molar-refractivity contribution is -0.209. The van der Waals surface area contributed by atoms with Crippen molar-refractivity contribution in [2.24, 2.45) is 5.92 Å². The second-order valence-corrected chi connectivity index (χ2v) is 8.58. The number of rotatable bonds is 6. The van der Waals surface area contributed by atoms with Gasteiger partial charge in [0, 0.05) is 24.7 Å². The number of alkyl halides is 6. The minimum Gasteiger partial charge on any atom is -0.352 e. The molecule has 0 radical (unpaired) electrons. The first-order valence-electron chi connectivity index (χ1n) is 11.1. The zero-order valence-electron chi connectivity index (χ0n) is 18.7. The van der Waals surface area contributed by atoms with Gasteiger partial charge in [-0.1, -0.05) is 30.3 Å². The highest BCUT2D eigenvalue weighted by molar-refractivity contribution is 5.35. The van der Waals surface area contributed by atoms with Gasteiger partial charge in [-0.3, -0.25) is 0 Å². The first-order chi connectivity index (χ1) is 16.5. The molecule has 3 aromatic rings. The van der Waals surface area contributed by atoms with Crippen LogP contribution in [0.1, 0.15) is 53.4 Å². The quantitative estimate of drug-likeness (QED) is 0.376. The van der Waals surface area contributed by atoms with Crippen LogP contribution in [0, 0.1) is 5.92 Å². The van der Waals surface area contributed by atoms with Crippen LogP contribution in [0.15, 0.2) is 60.9 Å². The Hall–Kier alpha value is -2.85. The van der Waals surface area contributed by atoms with Gasteiger partial charge >= 0.3 is 12.4 Å². The van der Waals surface area contributed by atoms with Gasteiger partial charge in [0.2, 0.25) is 0 Å². The maximum absolute atomic E-state index is 13.3. The Morgan fingerprint density at radius 2 is 1.69 bits per heavy atom. The Morgan fingerprint density at radius 1 is 1.03 bits per heavy atom. The van der Waals surface area contributed by atoms with Crippen LogP contribution in [0.2, 0.25) is 0 Å². The summed E-state index contributed by atoms with van der Waals surface area (Å²) in [5.41, 5.74) is -2.08. The molecule has 1 saturated heterocycles. The molecule has 1 aliphatic rings. The molecule has 1 aliphatic heterocycles. The molecule has 188 valence electrons. The molecule has 0 aliphatic carbocycles. The van der Waals surface area contributed by atoms with Crippen LogP contribution in [-0.2, 0) is 28.2 Å². The molecule has 0 amide bonds. The van der Waals surface area contributed by atoms with Crippen molar-refractivity contribution in [2.45, 2.75) is 50.4 Å². The van der Waals surface area contributed by atoms with Gasteiger partial charge in [-0.2, -0.15) is 26.3 Å². The average Bonchev–Trinajstić information content (AvgIpc) is 3.31. The van der Waals surface area contributed by atoms with E-state index in [-0.39, 0.29) is 23.5 Å². The molecule has 4 nitrogen and oxygen atoms in total. The maximum atomic E-state index is 13.3. The highest BCUT2D eigenvalue weighted by atomic mass is 19.4. The summed E-state index contributed by atoms with van der Waals surface area (Å²) in [6.07, 6.45) is -7.18. The van der Waals surface area contributed by atoms with E-state index in [1.165, 1.54) is 6.92 Å². The Kier molecular flexibility index (Phi) is 7.23. The van der Waals surface area contributed by atoms with E-state index in [1.54, 1.807) is 12.4 Å². The van der Waals surface area contributed by atoms with Crippen molar-refractivity contribution in [1.29, 1.82) is 0 Å². The Bertz CT molecular complexity index is 1070. The molecule has 0 bridgehead atoms. The fourth-order valence-corrected chi connectivity index (χ4v) is 4.45. The van der Waals surface area contributed by atoms with Crippen LogP contribution in [0.3, 0.4) is 0 Å². The van der Waals surface area contributed by atoms with Gasteiger partial charge < -0.3 is 14.5 Å². The number of hydrogen-bond acceptors (Lipinski definition) is 3. The summed E-state index contributed by atoms with van der Waals surface area (Å²) in [6.45, 7) is 1.76. The van der Waals surface area contributed by atoms with Gasteiger partial charge in [-0.05, 0) is 48.6 Å². The van der Waals surface area contributed by atoms with Crippen LogP contribution < -0.4 is 0 Å². The van der Waals surface area contributed by atoms with E-state index < -0.39 is 35.9 Å². The molecule has 4 atom stereocenters. The molecule has 2 aromatic carbocycles. The highest BCUT2D eigenvalue weighted by Crippen LogP contribution is 2.42. The summed E-state index contributed by atoms with van der Waals surface area (Å²) < 4.78 is 91.9. The summed E-state index contributed by atoms with van der Waals surface area (Å²) in [7, 11) is 0. The minimum absolute atomic E-state index is 0.0294. The zero-order chi connectivity index (χ0) is 25.2. The Balaban J connectivity index is 1.64. The summed E-state index contributed by atoms with van der Waals surface area (Å²) in [4.78, 5) is 7.36. The third kappa shape index (κ3) is 6.05. The van der Waals surface area contributed by atoms with Gasteiger partial charge in [-0.15, -0.1) is 0 Å². The predicted molar refractivity (Wildman–Crippen MR) is 115 cm³/mol. The van der Waals surface area contributed by atoms with E-state index in [4.69, 9.17) is 9.47 Å². The fraction of sp³-hybridized carbons (Fsp3) is 0.400.